The molecule has 10 heteroatoms. The maximum absolute atomic E-state index is 12.3. The van der Waals surface area contributed by atoms with Crippen molar-refractivity contribution >= 4 is 19.9 Å². The molecule has 0 unspecified atom stereocenters. The normalized spacial score (nSPS) is 12.2. The van der Waals surface area contributed by atoms with E-state index < -0.39 is 19.9 Å². The summed E-state index contributed by atoms with van der Waals surface area (Å²) in [6.45, 7) is 1.78. The Hall–Kier alpha value is -2.56. The van der Waals surface area contributed by atoms with E-state index in [4.69, 9.17) is 4.52 Å². The summed E-state index contributed by atoms with van der Waals surface area (Å²) in [5.74, 6) is 0.476. The molecule has 0 saturated carbocycles. The van der Waals surface area contributed by atoms with Crippen LogP contribution in [0.1, 0.15) is 11.5 Å². The number of benzene rings is 2. The summed E-state index contributed by atoms with van der Waals surface area (Å²) >= 11 is 0. The topological polar surface area (TPSA) is 119 Å². The Morgan fingerprint density at radius 1 is 0.926 bits per heavy atom. The summed E-state index contributed by atoms with van der Waals surface area (Å²) in [6, 6.07) is 12.4. The molecule has 0 spiro atoms. The molecular formula is C17H17N3O5S2. The Kier molecular flexibility index (Phi) is 5.13. The van der Waals surface area contributed by atoms with Crippen LogP contribution < -0.4 is 4.72 Å². The average Bonchev–Trinajstić information content (AvgIpc) is 3.09. The Bertz CT molecular complexity index is 1150. The summed E-state index contributed by atoms with van der Waals surface area (Å²) in [5.41, 5.74) is 1.85. The van der Waals surface area contributed by atoms with Gasteiger partial charge in [0.1, 0.15) is 0 Å². The predicted molar refractivity (Wildman–Crippen MR) is 98.0 cm³/mol. The van der Waals surface area contributed by atoms with Crippen molar-refractivity contribution in [1.29, 1.82) is 0 Å². The number of hydrogen-bond acceptors (Lipinski definition) is 7. The van der Waals surface area contributed by atoms with Crippen LogP contribution in [-0.4, -0.2) is 33.2 Å². The third-order valence-corrected chi connectivity index (χ3v) is 6.30. The molecule has 0 fully saturated rings. The van der Waals surface area contributed by atoms with E-state index in [9.17, 15) is 16.8 Å². The van der Waals surface area contributed by atoms with Gasteiger partial charge in [0, 0.05) is 11.8 Å². The maximum Gasteiger partial charge on any atom is 0.242 e. The fourth-order valence-corrected chi connectivity index (χ4v) is 3.86. The van der Waals surface area contributed by atoms with Crippen LogP contribution >= 0.6 is 0 Å². The monoisotopic (exact) mass is 407 g/mol. The van der Waals surface area contributed by atoms with Gasteiger partial charge in [0.05, 0.1) is 16.3 Å². The first-order chi connectivity index (χ1) is 12.6. The van der Waals surface area contributed by atoms with Crippen LogP contribution in [0.2, 0.25) is 0 Å². The lowest BCUT2D eigenvalue weighted by Crippen LogP contribution is -2.23. The summed E-state index contributed by atoms with van der Waals surface area (Å²) in [7, 11) is -7.25. The van der Waals surface area contributed by atoms with Gasteiger partial charge in [-0.3, -0.25) is 0 Å². The maximum atomic E-state index is 12.3. The van der Waals surface area contributed by atoms with Crippen molar-refractivity contribution in [3.8, 4) is 11.4 Å². The standard InChI is InChI=1S/C17H17N3O5S2/c1-12-3-5-13(6-4-12)17-19-16(25-20-17)11-18-27(23,24)15-9-7-14(8-10-15)26(2,21)22/h3-10,18H,11H2,1-2H3. The fraction of sp³-hybridized carbons (Fsp3) is 0.176. The van der Waals surface area contributed by atoms with Gasteiger partial charge >= 0.3 is 0 Å². The third-order valence-electron chi connectivity index (χ3n) is 3.75. The molecule has 0 saturated heterocycles. The van der Waals surface area contributed by atoms with E-state index in [2.05, 4.69) is 14.9 Å². The SMILES string of the molecule is Cc1ccc(-c2noc(CNS(=O)(=O)c3ccc(S(C)(=O)=O)cc3)n2)cc1. The van der Waals surface area contributed by atoms with E-state index >= 15 is 0 Å². The minimum Gasteiger partial charge on any atom is -0.338 e. The van der Waals surface area contributed by atoms with Crippen molar-refractivity contribution in [3.05, 3.63) is 60.0 Å². The average molecular weight is 407 g/mol. The minimum atomic E-state index is -3.85. The minimum absolute atomic E-state index is 0.0427. The second-order valence-electron chi connectivity index (χ2n) is 5.95. The quantitative estimate of drug-likeness (QED) is 0.663. The third kappa shape index (κ3) is 4.59. The van der Waals surface area contributed by atoms with Crippen molar-refractivity contribution in [2.45, 2.75) is 23.3 Å². The van der Waals surface area contributed by atoms with E-state index in [1.165, 1.54) is 24.3 Å². The molecule has 0 radical (unpaired) electrons. The fourth-order valence-electron chi connectivity index (χ4n) is 2.25. The molecule has 27 heavy (non-hydrogen) atoms. The van der Waals surface area contributed by atoms with Gasteiger partial charge < -0.3 is 4.52 Å². The zero-order valence-electron chi connectivity index (χ0n) is 14.6. The van der Waals surface area contributed by atoms with Crippen molar-refractivity contribution in [1.82, 2.24) is 14.9 Å². The Morgan fingerprint density at radius 3 is 2.11 bits per heavy atom. The van der Waals surface area contributed by atoms with Gasteiger partial charge in [-0.25, -0.2) is 21.6 Å². The Balaban J connectivity index is 1.71. The highest BCUT2D eigenvalue weighted by Gasteiger charge is 2.17. The van der Waals surface area contributed by atoms with Gasteiger partial charge in [-0.05, 0) is 31.2 Å². The van der Waals surface area contributed by atoms with Crippen molar-refractivity contribution in [3.63, 3.8) is 0 Å². The van der Waals surface area contributed by atoms with Crippen LogP contribution in [0, 0.1) is 6.92 Å². The molecule has 1 aromatic heterocycles. The summed E-state index contributed by atoms with van der Waals surface area (Å²) in [5, 5.41) is 3.84. The van der Waals surface area contributed by atoms with Gasteiger partial charge in [0.25, 0.3) is 0 Å². The molecule has 142 valence electrons. The van der Waals surface area contributed by atoms with E-state index in [-0.39, 0.29) is 22.2 Å². The van der Waals surface area contributed by atoms with Gasteiger partial charge in [-0.2, -0.15) is 4.98 Å². The lowest BCUT2D eigenvalue weighted by molar-refractivity contribution is 0.376. The molecule has 0 aliphatic heterocycles. The van der Waals surface area contributed by atoms with E-state index in [0.717, 1.165) is 17.4 Å². The highest BCUT2D eigenvalue weighted by molar-refractivity contribution is 7.90. The number of nitrogens with zero attached hydrogens (tertiary/aromatic N) is 2. The van der Waals surface area contributed by atoms with Crippen LogP contribution in [0.3, 0.4) is 0 Å². The second-order valence-corrected chi connectivity index (χ2v) is 9.73. The van der Waals surface area contributed by atoms with E-state index in [0.29, 0.717) is 5.82 Å². The van der Waals surface area contributed by atoms with Crippen LogP contribution in [-0.2, 0) is 26.4 Å². The van der Waals surface area contributed by atoms with E-state index in [1.807, 2.05) is 31.2 Å². The van der Waals surface area contributed by atoms with Gasteiger partial charge in [-0.15, -0.1) is 0 Å². The summed E-state index contributed by atoms with van der Waals surface area (Å²) in [6.07, 6.45) is 1.05. The molecule has 2 aromatic carbocycles. The van der Waals surface area contributed by atoms with Crippen LogP contribution in [0.5, 0.6) is 0 Å². The van der Waals surface area contributed by atoms with Gasteiger partial charge in [0.15, 0.2) is 9.84 Å². The molecular weight excluding hydrogens is 390 g/mol. The van der Waals surface area contributed by atoms with Crippen LogP contribution in [0.4, 0.5) is 0 Å². The van der Waals surface area contributed by atoms with E-state index in [1.54, 1.807) is 0 Å². The van der Waals surface area contributed by atoms with Crippen molar-refractivity contribution in [2.75, 3.05) is 6.26 Å². The molecule has 0 bridgehead atoms. The molecule has 8 nitrogen and oxygen atoms in total. The van der Waals surface area contributed by atoms with Gasteiger partial charge in [-0.1, -0.05) is 35.0 Å². The number of sulfonamides is 1. The Labute approximate surface area is 157 Å². The summed E-state index contributed by atoms with van der Waals surface area (Å²) in [4.78, 5) is 4.15. The molecule has 0 amide bonds. The predicted octanol–water partition coefficient (Wildman–Crippen LogP) is 1.93. The Morgan fingerprint density at radius 2 is 1.52 bits per heavy atom. The first kappa shape index (κ1) is 19.2. The van der Waals surface area contributed by atoms with Crippen molar-refractivity contribution in [2.24, 2.45) is 0 Å². The number of sulfone groups is 1. The number of hydrogen-bond donors (Lipinski definition) is 1. The number of nitrogens with one attached hydrogen (secondary N) is 1. The second kappa shape index (κ2) is 7.22. The number of aromatic nitrogens is 2. The molecule has 3 rings (SSSR count). The van der Waals surface area contributed by atoms with Crippen LogP contribution in [0.15, 0.2) is 62.8 Å². The smallest absolute Gasteiger partial charge is 0.242 e. The molecule has 0 aliphatic carbocycles. The molecule has 0 aliphatic rings. The molecule has 1 N–H and O–H groups in total. The highest BCUT2D eigenvalue weighted by atomic mass is 32.2. The number of rotatable bonds is 6. The lowest BCUT2D eigenvalue weighted by atomic mass is 10.1. The molecule has 1 heterocycles. The first-order valence-corrected chi connectivity index (χ1v) is 11.2. The summed E-state index contributed by atoms with van der Waals surface area (Å²) < 4.78 is 55.0. The first-order valence-electron chi connectivity index (χ1n) is 7.84. The molecule has 0 atom stereocenters. The largest absolute Gasteiger partial charge is 0.338 e. The van der Waals surface area contributed by atoms with Crippen molar-refractivity contribution < 1.29 is 21.4 Å². The lowest BCUT2D eigenvalue weighted by Gasteiger charge is -2.05. The van der Waals surface area contributed by atoms with Crippen LogP contribution in [0.25, 0.3) is 11.4 Å². The zero-order valence-corrected chi connectivity index (χ0v) is 16.2. The zero-order chi connectivity index (χ0) is 19.7. The molecule has 3 aromatic rings. The van der Waals surface area contributed by atoms with Gasteiger partial charge in [0.2, 0.25) is 21.7 Å². The number of aryl methyl sites for hydroxylation is 1. The highest BCUT2D eigenvalue weighted by Crippen LogP contribution is 2.17.